The van der Waals surface area contributed by atoms with E-state index >= 15 is 0 Å². The molecule has 4 rings (SSSR count). The number of aromatic amines is 1. The van der Waals surface area contributed by atoms with Gasteiger partial charge in [-0.2, -0.15) is 0 Å². The average Bonchev–Trinajstić information content (AvgIpc) is 3.22. The Hall–Kier alpha value is -2.57. The number of hydrogen-bond acceptors (Lipinski definition) is 4. The Bertz CT molecular complexity index is 920. The molecule has 0 aromatic carbocycles. The van der Waals surface area contributed by atoms with Gasteiger partial charge in [-0.15, -0.1) is 0 Å². The van der Waals surface area contributed by atoms with E-state index in [1.54, 1.807) is 6.20 Å². The van der Waals surface area contributed by atoms with Crippen molar-refractivity contribution < 1.29 is 9.53 Å². The topological polar surface area (TPSA) is 84.8 Å². The van der Waals surface area contributed by atoms with E-state index < -0.39 is 5.60 Å². The van der Waals surface area contributed by atoms with Crippen LogP contribution in [0.4, 0.5) is 4.79 Å². The largest absolute Gasteiger partial charge is 0.444 e. The van der Waals surface area contributed by atoms with E-state index in [1.807, 2.05) is 39.4 Å². The Morgan fingerprint density at radius 3 is 3.00 bits per heavy atom. The molecule has 7 heteroatoms. The summed E-state index contributed by atoms with van der Waals surface area (Å²) in [6.45, 7) is 5.62. The lowest BCUT2D eigenvalue weighted by molar-refractivity contribution is 0.0505. The summed E-state index contributed by atoms with van der Waals surface area (Å²) in [7, 11) is 0. The molecule has 2 N–H and O–H groups in total. The van der Waals surface area contributed by atoms with E-state index in [0.29, 0.717) is 6.04 Å². The van der Waals surface area contributed by atoms with Gasteiger partial charge in [-0.25, -0.2) is 14.8 Å². The highest BCUT2D eigenvalue weighted by Crippen LogP contribution is 2.34. The van der Waals surface area contributed by atoms with Gasteiger partial charge in [0.05, 0.1) is 18.0 Å². The number of aromatic nitrogens is 4. The van der Waals surface area contributed by atoms with Crippen molar-refractivity contribution in [3.8, 4) is 0 Å². The molecule has 0 spiro atoms. The summed E-state index contributed by atoms with van der Waals surface area (Å²) >= 11 is 0. The Morgan fingerprint density at radius 2 is 2.20 bits per heavy atom. The van der Waals surface area contributed by atoms with Gasteiger partial charge in [0.25, 0.3) is 0 Å². The summed E-state index contributed by atoms with van der Waals surface area (Å²) in [4.78, 5) is 24.0. The van der Waals surface area contributed by atoms with Gasteiger partial charge < -0.3 is 19.6 Å². The maximum Gasteiger partial charge on any atom is 0.407 e. The molecule has 3 heterocycles. The molecule has 1 saturated carbocycles. The van der Waals surface area contributed by atoms with Crippen molar-refractivity contribution in [2.75, 3.05) is 0 Å². The van der Waals surface area contributed by atoms with E-state index in [-0.39, 0.29) is 12.1 Å². The number of pyridine rings is 1. The van der Waals surface area contributed by atoms with Gasteiger partial charge in [0, 0.05) is 23.7 Å². The van der Waals surface area contributed by atoms with Crippen molar-refractivity contribution in [2.24, 2.45) is 0 Å². The van der Waals surface area contributed by atoms with Crippen LogP contribution in [0.2, 0.25) is 0 Å². The summed E-state index contributed by atoms with van der Waals surface area (Å²) in [6, 6.07) is 2.47. The van der Waals surface area contributed by atoms with Crippen LogP contribution >= 0.6 is 0 Å². The number of nitrogens with zero attached hydrogens (tertiary/aromatic N) is 3. The molecule has 1 amide bonds. The normalized spacial score (nSPS) is 21.1. The van der Waals surface area contributed by atoms with E-state index in [2.05, 4.69) is 24.8 Å². The quantitative estimate of drug-likeness (QED) is 0.747. The lowest BCUT2D eigenvalue weighted by Gasteiger charge is -2.22. The minimum absolute atomic E-state index is 0.126. The van der Waals surface area contributed by atoms with Crippen molar-refractivity contribution in [3.05, 3.63) is 24.8 Å². The Labute approximate surface area is 145 Å². The number of rotatable bonds is 2. The fraction of sp³-hybridized carbons (Fsp3) is 0.500. The van der Waals surface area contributed by atoms with E-state index in [1.165, 1.54) is 0 Å². The first-order chi connectivity index (χ1) is 11.9. The molecule has 1 fully saturated rings. The van der Waals surface area contributed by atoms with E-state index in [9.17, 15) is 4.79 Å². The number of amides is 1. The Morgan fingerprint density at radius 1 is 1.36 bits per heavy atom. The minimum Gasteiger partial charge on any atom is -0.444 e. The highest BCUT2D eigenvalue weighted by Gasteiger charge is 2.29. The molecule has 1 aliphatic rings. The van der Waals surface area contributed by atoms with Crippen LogP contribution in [0.1, 0.15) is 46.1 Å². The SMILES string of the molecule is CC(C)(C)OC(=O)N[C@@H]1CC[C@H](n2cnc3cnc4[nH]ccc4c32)C1. The Kier molecular flexibility index (Phi) is 3.67. The highest BCUT2D eigenvalue weighted by atomic mass is 16.6. The van der Waals surface area contributed by atoms with Crippen LogP contribution in [-0.2, 0) is 4.74 Å². The number of alkyl carbamates (subject to hydrolysis) is 1. The van der Waals surface area contributed by atoms with Gasteiger partial charge in [0.2, 0.25) is 0 Å². The maximum atomic E-state index is 12.0. The summed E-state index contributed by atoms with van der Waals surface area (Å²) < 4.78 is 7.59. The summed E-state index contributed by atoms with van der Waals surface area (Å²) in [6.07, 6.45) is 8.06. The molecule has 7 nitrogen and oxygen atoms in total. The monoisotopic (exact) mass is 341 g/mol. The summed E-state index contributed by atoms with van der Waals surface area (Å²) in [5, 5.41) is 4.08. The third kappa shape index (κ3) is 3.06. The summed E-state index contributed by atoms with van der Waals surface area (Å²) in [5.74, 6) is 0. The first-order valence-corrected chi connectivity index (χ1v) is 8.69. The molecular formula is C18H23N5O2. The Balaban J connectivity index is 1.53. The number of hydrogen-bond donors (Lipinski definition) is 2. The van der Waals surface area contributed by atoms with Crippen molar-refractivity contribution in [3.63, 3.8) is 0 Å². The van der Waals surface area contributed by atoms with Gasteiger partial charge >= 0.3 is 6.09 Å². The molecule has 2 atom stereocenters. The van der Waals surface area contributed by atoms with E-state index in [4.69, 9.17) is 4.74 Å². The molecule has 25 heavy (non-hydrogen) atoms. The number of carbonyl (C=O) groups is 1. The predicted octanol–water partition coefficient (Wildman–Crippen LogP) is 3.53. The lowest BCUT2D eigenvalue weighted by Crippen LogP contribution is -2.38. The van der Waals surface area contributed by atoms with Crippen molar-refractivity contribution in [2.45, 2.75) is 57.7 Å². The second-order valence-electron chi connectivity index (χ2n) is 7.69. The fourth-order valence-electron chi connectivity index (χ4n) is 3.62. The highest BCUT2D eigenvalue weighted by molar-refractivity contribution is 6.00. The number of carbonyl (C=O) groups excluding carboxylic acids is 1. The van der Waals surface area contributed by atoms with Gasteiger partial charge in [-0.1, -0.05) is 0 Å². The van der Waals surface area contributed by atoms with Crippen molar-refractivity contribution >= 4 is 28.2 Å². The van der Waals surface area contributed by atoms with Crippen LogP contribution in [0.15, 0.2) is 24.8 Å². The zero-order valence-corrected chi connectivity index (χ0v) is 14.7. The number of nitrogens with one attached hydrogen (secondary N) is 2. The number of imidazole rings is 1. The molecule has 0 radical (unpaired) electrons. The molecule has 0 aliphatic heterocycles. The van der Waals surface area contributed by atoms with Crippen LogP contribution in [0, 0.1) is 0 Å². The number of H-pyrrole nitrogens is 1. The molecule has 1 aliphatic carbocycles. The van der Waals surface area contributed by atoms with Gasteiger partial charge in [0.1, 0.15) is 16.8 Å². The van der Waals surface area contributed by atoms with Crippen LogP contribution in [0.3, 0.4) is 0 Å². The number of fused-ring (bicyclic) bond motifs is 3. The molecule has 0 unspecified atom stereocenters. The van der Waals surface area contributed by atoms with Crippen LogP contribution in [0.25, 0.3) is 22.1 Å². The second-order valence-corrected chi connectivity index (χ2v) is 7.69. The third-order valence-corrected chi connectivity index (χ3v) is 4.64. The maximum absolute atomic E-state index is 12.0. The molecule has 3 aromatic rings. The first kappa shape index (κ1) is 15.9. The van der Waals surface area contributed by atoms with Gasteiger partial charge in [0.15, 0.2) is 0 Å². The molecule has 0 bridgehead atoms. The smallest absolute Gasteiger partial charge is 0.407 e. The number of ether oxygens (including phenoxy) is 1. The van der Waals surface area contributed by atoms with Crippen LogP contribution in [0.5, 0.6) is 0 Å². The van der Waals surface area contributed by atoms with Gasteiger partial charge in [-0.05, 0) is 46.1 Å². The molecule has 3 aromatic heterocycles. The van der Waals surface area contributed by atoms with Gasteiger partial charge in [-0.3, -0.25) is 0 Å². The third-order valence-electron chi connectivity index (χ3n) is 4.64. The molecular weight excluding hydrogens is 318 g/mol. The standard InChI is InChI=1S/C18H23N5O2/c1-18(2,3)25-17(24)22-11-4-5-12(8-11)23-10-21-14-9-20-16-13(15(14)23)6-7-19-16/h6-7,9-12H,4-5,8H2,1-3H3,(H,19,20)(H,22,24)/t11-,12+/m1/s1. The van der Waals surface area contributed by atoms with Crippen LogP contribution < -0.4 is 5.32 Å². The minimum atomic E-state index is -0.477. The fourth-order valence-corrected chi connectivity index (χ4v) is 3.62. The average molecular weight is 341 g/mol. The second kappa shape index (κ2) is 5.75. The van der Waals surface area contributed by atoms with Crippen molar-refractivity contribution in [1.82, 2.24) is 24.8 Å². The predicted molar refractivity (Wildman–Crippen MR) is 95.4 cm³/mol. The lowest BCUT2D eigenvalue weighted by atomic mass is 10.2. The zero-order chi connectivity index (χ0) is 17.6. The van der Waals surface area contributed by atoms with E-state index in [0.717, 1.165) is 41.3 Å². The zero-order valence-electron chi connectivity index (χ0n) is 14.7. The molecule has 0 saturated heterocycles. The molecule has 132 valence electrons. The first-order valence-electron chi connectivity index (χ1n) is 8.69. The summed E-state index contributed by atoms with van der Waals surface area (Å²) in [5.41, 5.74) is 2.40. The van der Waals surface area contributed by atoms with Crippen LogP contribution in [-0.4, -0.2) is 37.3 Å². The van der Waals surface area contributed by atoms with Crippen molar-refractivity contribution in [1.29, 1.82) is 0 Å².